The smallest absolute Gasteiger partial charge is 0.308 e. The van der Waals surface area contributed by atoms with Crippen molar-refractivity contribution in [3.8, 4) is 0 Å². The number of rotatable bonds is 8. The number of hydrogen-bond donors (Lipinski definition) is 2. The number of nitrogens with zero attached hydrogens (tertiary/aromatic N) is 2. The van der Waals surface area contributed by atoms with Crippen molar-refractivity contribution in [2.24, 2.45) is 11.8 Å². The molecule has 5 atom stereocenters. The molecule has 0 radical (unpaired) electrons. The second-order valence-electron chi connectivity index (χ2n) is 8.81. The van der Waals surface area contributed by atoms with Gasteiger partial charge in [0.25, 0.3) is 0 Å². The van der Waals surface area contributed by atoms with Crippen LogP contribution in [-0.4, -0.2) is 73.0 Å². The zero-order chi connectivity index (χ0) is 22.4. The highest BCUT2D eigenvalue weighted by molar-refractivity contribution is 8.02. The normalized spacial score (nSPS) is 33.4. The van der Waals surface area contributed by atoms with Crippen molar-refractivity contribution in [2.75, 3.05) is 19.7 Å². The van der Waals surface area contributed by atoms with Gasteiger partial charge >= 0.3 is 5.97 Å². The molecule has 1 spiro atoms. The molecule has 1 aromatic carbocycles. The maximum Gasteiger partial charge on any atom is 0.308 e. The summed E-state index contributed by atoms with van der Waals surface area (Å²) in [4.78, 5) is 42.6. The number of aliphatic carboxylic acids is 1. The highest BCUT2D eigenvalue weighted by Gasteiger charge is 2.77. The molecule has 3 heterocycles. The minimum atomic E-state index is -0.987. The van der Waals surface area contributed by atoms with Crippen molar-refractivity contribution < 1.29 is 24.6 Å². The maximum absolute atomic E-state index is 13.9. The van der Waals surface area contributed by atoms with Crippen LogP contribution in [0.4, 0.5) is 0 Å². The van der Waals surface area contributed by atoms with Crippen LogP contribution >= 0.6 is 11.8 Å². The van der Waals surface area contributed by atoms with Crippen molar-refractivity contribution in [1.29, 1.82) is 0 Å². The molecule has 2 amide bonds. The van der Waals surface area contributed by atoms with Crippen molar-refractivity contribution >= 4 is 29.5 Å². The fraction of sp³-hybridized carbons (Fsp3) is 0.522. The number of thioether (sulfide) groups is 1. The summed E-state index contributed by atoms with van der Waals surface area (Å²) >= 11 is 1.50. The van der Waals surface area contributed by atoms with Gasteiger partial charge in [-0.3, -0.25) is 14.4 Å². The van der Waals surface area contributed by atoms with Gasteiger partial charge in [0.2, 0.25) is 11.8 Å². The van der Waals surface area contributed by atoms with Gasteiger partial charge in [-0.1, -0.05) is 36.4 Å². The van der Waals surface area contributed by atoms with Crippen LogP contribution in [-0.2, 0) is 20.9 Å². The molecule has 0 aromatic heterocycles. The Bertz CT molecular complexity index is 908. The zero-order valence-electron chi connectivity index (χ0n) is 17.6. The lowest BCUT2D eigenvalue weighted by Crippen LogP contribution is -2.55. The molecule has 2 unspecified atom stereocenters. The van der Waals surface area contributed by atoms with Crippen LogP contribution in [0.1, 0.15) is 25.3 Å². The second kappa shape index (κ2) is 7.98. The third-order valence-electron chi connectivity index (χ3n) is 6.99. The lowest BCUT2D eigenvalue weighted by Gasteiger charge is -2.37. The lowest BCUT2D eigenvalue weighted by molar-refractivity contribution is -0.150. The highest BCUT2D eigenvalue weighted by atomic mass is 32.2. The van der Waals surface area contributed by atoms with Crippen LogP contribution in [0, 0.1) is 11.8 Å². The fourth-order valence-electron chi connectivity index (χ4n) is 5.79. The number of carboxylic acid groups (broad SMARTS) is 1. The van der Waals surface area contributed by atoms with Gasteiger partial charge < -0.3 is 20.0 Å². The molecule has 3 aliphatic heterocycles. The largest absolute Gasteiger partial charge is 0.481 e. The molecule has 2 bridgehead atoms. The van der Waals surface area contributed by atoms with Crippen molar-refractivity contribution in [3.05, 3.63) is 48.6 Å². The summed E-state index contributed by atoms with van der Waals surface area (Å²) in [7, 11) is 0. The van der Waals surface area contributed by atoms with Crippen molar-refractivity contribution in [3.63, 3.8) is 0 Å². The standard InChI is InChI=1S/C23H28N2O5S/c1-3-11-24(14-15-7-5-4-6-8-15)20(28)18-23-10-9-22(2,31-23)17(21(29)30)16(23)19(27)25(18)12-13-26/h3-8,16-18,26H,1,9-14H2,2H3,(H,29,30)/t16-,17-,18?,22+,23?/m0/s1. The van der Waals surface area contributed by atoms with Crippen LogP contribution in [0.25, 0.3) is 0 Å². The van der Waals surface area contributed by atoms with Crippen LogP contribution in [0.15, 0.2) is 43.0 Å². The number of likely N-dealkylation sites (tertiary alicyclic amines) is 1. The van der Waals surface area contributed by atoms with E-state index in [9.17, 15) is 24.6 Å². The first-order valence-electron chi connectivity index (χ1n) is 10.6. The molecule has 2 N–H and O–H groups in total. The van der Waals surface area contributed by atoms with Gasteiger partial charge in [0, 0.05) is 24.4 Å². The zero-order valence-corrected chi connectivity index (χ0v) is 18.4. The number of benzene rings is 1. The highest BCUT2D eigenvalue weighted by Crippen LogP contribution is 2.71. The van der Waals surface area contributed by atoms with E-state index in [1.807, 2.05) is 37.3 Å². The Hall–Kier alpha value is -2.32. The Labute approximate surface area is 186 Å². The number of carboxylic acids is 1. The molecule has 0 aliphatic carbocycles. The summed E-state index contributed by atoms with van der Waals surface area (Å²) in [5.74, 6) is -3.11. The van der Waals surface area contributed by atoms with Crippen LogP contribution < -0.4 is 0 Å². The van der Waals surface area contributed by atoms with E-state index in [2.05, 4.69) is 6.58 Å². The number of fused-ring (bicyclic) bond motifs is 1. The maximum atomic E-state index is 13.9. The van der Waals surface area contributed by atoms with Gasteiger partial charge in [-0.05, 0) is 25.3 Å². The van der Waals surface area contributed by atoms with E-state index >= 15 is 0 Å². The van der Waals surface area contributed by atoms with E-state index < -0.39 is 33.3 Å². The van der Waals surface area contributed by atoms with Crippen molar-refractivity contribution in [2.45, 2.75) is 41.8 Å². The first kappa shape index (κ1) is 21.9. The Morgan fingerprint density at radius 3 is 2.65 bits per heavy atom. The van der Waals surface area contributed by atoms with Crippen LogP contribution in [0.2, 0.25) is 0 Å². The average Bonchev–Trinajstić information content (AvgIpc) is 3.30. The lowest BCUT2D eigenvalue weighted by atomic mass is 9.66. The number of amides is 2. The topological polar surface area (TPSA) is 98.2 Å². The summed E-state index contributed by atoms with van der Waals surface area (Å²) in [5, 5.41) is 19.6. The molecule has 3 saturated heterocycles. The van der Waals surface area contributed by atoms with Gasteiger partial charge in [0.05, 0.1) is 23.2 Å². The molecule has 3 fully saturated rings. The van der Waals surface area contributed by atoms with Gasteiger partial charge in [-0.2, -0.15) is 0 Å². The number of carbonyl (C=O) groups is 3. The predicted octanol–water partition coefficient (Wildman–Crippen LogP) is 1.76. The summed E-state index contributed by atoms with van der Waals surface area (Å²) in [6, 6.07) is 8.80. The number of hydrogen-bond acceptors (Lipinski definition) is 5. The molecule has 31 heavy (non-hydrogen) atoms. The van der Waals surface area contributed by atoms with Gasteiger partial charge in [-0.15, -0.1) is 18.3 Å². The van der Waals surface area contributed by atoms with Gasteiger partial charge in [0.1, 0.15) is 6.04 Å². The minimum Gasteiger partial charge on any atom is -0.481 e. The van der Waals surface area contributed by atoms with E-state index in [0.29, 0.717) is 25.9 Å². The van der Waals surface area contributed by atoms with E-state index in [1.165, 1.54) is 16.7 Å². The predicted molar refractivity (Wildman–Crippen MR) is 117 cm³/mol. The van der Waals surface area contributed by atoms with Crippen molar-refractivity contribution in [1.82, 2.24) is 9.80 Å². The molecule has 7 nitrogen and oxygen atoms in total. The first-order chi connectivity index (χ1) is 14.8. The number of carbonyl (C=O) groups excluding carboxylic acids is 2. The Morgan fingerprint density at radius 1 is 1.32 bits per heavy atom. The third-order valence-corrected chi connectivity index (χ3v) is 8.98. The van der Waals surface area contributed by atoms with Crippen LogP contribution in [0.5, 0.6) is 0 Å². The van der Waals surface area contributed by atoms with E-state index in [-0.39, 0.29) is 25.0 Å². The second-order valence-corrected chi connectivity index (χ2v) is 10.7. The molecule has 1 aromatic rings. The molecule has 4 rings (SSSR count). The SMILES string of the molecule is C=CCN(Cc1ccccc1)C(=O)C1N(CCO)C(=O)[C@@H]2[C@@H](C(=O)O)[C@@]3(C)CCC12S3. The number of β-amino-alcohol motifs (C(OH)–C–C–N with tert-alkyl or cyclic N) is 1. The van der Waals surface area contributed by atoms with Crippen LogP contribution in [0.3, 0.4) is 0 Å². The van der Waals surface area contributed by atoms with Gasteiger partial charge in [-0.25, -0.2) is 0 Å². The molecule has 0 saturated carbocycles. The molecular formula is C23H28N2O5S. The summed E-state index contributed by atoms with van der Waals surface area (Å²) in [6.45, 7) is 6.11. The summed E-state index contributed by atoms with van der Waals surface area (Å²) in [5.41, 5.74) is 0.962. The number of aliphatic hydroxyl groups is 1. The number of aliphatic hydroxyl groups excluding tert-OH is 1. The molecule has 8 heteroatoms. The Morgan fingerprint density at radius 2 is 2.03 bits per heavy atom. The summed E-state index contributed by atoms with van der Waals surface area (Å²) in [6.07, 6.45) is 2.92. The van der Waals surface area contributed by atoms with E-state index in [0.717, 1.165) is 5.56 Å². The third kappa shape index (κ3) is 3.27. The monoisotopic (exact) mass is 444 g/mol. The fourth-order valence-corrected chi connectivity index (χ4v) is 8.14. The van der Waals surface area contributed by atoms with E-state index in [4.69, 9.17) is 0 Å². The summed E-state index contributed by atoms with van der Waals surface area (Å²) < 4.78 is -1.35. The quantitative estimate of drug-likeness (QED) is 0.593. The van der Waals surface area contributed by atoms with E-state index in [1.54, 1.807) is 11.0 Å². The minimum absolute atomic E-state index is 0.0182. The average molecular weight is 445 g/mol. The first-order valence-corrected chi connectivity index (χ1v) is 11.4. The Kier molecular flexibility index (Phi) is 5.64. The molecule has 3 aliphatic rings. The van der Waals surface area contributed by atoms with Gasteiger partial charge in [0.15, 0.2) is 0 Å². The molecular weight excluding hydrogens is 416 g/mol. The molecule has 166 valence electrons. The Balaban J connectivity index is 1.74.